The first kappa shape index (κ1) is 18.8. The minimum atomic E-state index is -0.233. The van der Waals surface area contributed by atoms with E-state index in [1.807, 2.05) is 37.3 Å². The molecule has 2 aliphatic rings. The molecule has 3 amide bonds. The van der Waals surface area contributed by atoms with Crippen molar-refractivity contribution in [2.45, 2.75) is 39.0 Å². The molecule has 0 unspecified atom stereocenters. The average molecular weight is 398 g/mol. The van der Waals surface area contributed by atoms with Crippen molar-refractivity contribution < 1.29 is 14.4 Å². The van der Waals surface area contributed by atoms with Crippen LogP contribution in [0, 0.1) is 18.8 Å². The van der Waals surface area contributed by atoms with Gasteiger partial charge in [0, 0.05) is 23.4 Å². The monoisotopic (exact) mass is 397 g/mol. The van der Waals surface area contributed by atoms with Gasteiger partial charge in [0.2, 0.25) is 17.7 Å². The molecule has 1 saturated carbocycles. The van der Waals surface area contributed by atoms with Gasteiger partial charge in [-0.15, -0.1) is 11.3 Å². The summed E-state index contributed by atoms with van der Waals surface area (Å²) in [6.07, 6.45) is 3.68. The Morgan fingerprint density at radius 2 is 1.79 bits per heavy atom. The Kier molecular flexibility index (Phi) is 5.26. The van der Waals surface area contributed by atoms with Crippen LogP contribution in [0.15, 0.2) is 30.3 Å². The van der Waals surface area contributed by atoms with Gasteiger partial charge in [0.25, 0.3) is 0 Å². The normalized spacial score (nSPS) is 21.7. The lowest BCUT2D eigenvalue weighted by Crippen LogP contribution is -2.34. The summed E-state index contributed by atoms with van der Waals surface area (Å²) in [5.74, 6) is -0.763. The summed E-state index contributed by atoms with van der Waals surface area (Å²) in [5.41, 5.74) is 1.86. The van der Waals surface area contributed by atoms with Crippen molar-refractivity contribution in [1.82, 2.24) is 9.88 Å². The second-order valence-corrected chi connectivity index (χ2v) is 8.62. The van der Waals surface area contributed by atoms with Gasteiger partial charge in [0.1, 0.15) is 0 Å². The predicted molar refractivity (Wildman–Crippen MR) is 108 cm³/mol. The lowest BCUT2D eigenvalue weighted by molar-refractivity contribution is -0.140. The molecule has 0 spiro atoms. The maximum absolute atomic E-state index is 12.5. The molecular formula is C21H23N3O3S. The van der Waals surface area contributed by atoms with Crippen LogP contribution in [0.1, 0.15) is 37.0 Å². The zero-order valence-electron chi connectivity index (χ0n) is 15.8. The van der Waals surface area contributed by atoms with Gasteiger partial charge in [0.05, 0.1) is 17.5 Å². The second-order valence-electron chi connectivity index (χ2n) is 7.41. The highest BCUT2D eigenvalue weighted by Crippen LogP contribution is 2.38. The fourth-order valence-corrected chi connectivity index (χ4v) is 5.01. The fraction of sp³-hybridized carbons (Fsp3) is 0.429. The van der Waals surface area contributed by atoms with Gasteiger partial charge >= 0.3 is 0 Å². The Balaban J connectivity index is 1.36. The number of imide groups is 1. The van der Waals surface area contributed by atoms with Crippen LogP contribution in [0.2, 0.25) is 0 Å². The number of nitrogens with zero attached hydrogens (tertiary/aromatic N) is 2. The van der Waals surface area contributed by atoms with E-state index in [4.69, 9.17) is 0 Å². The Morgan fingerprint density at radius 1 is 1.14 bits per heavy atom. The first-order valence-corrected chi connectivity index (χ1v) is 10.5. The van der Waals surface area contributed by atoms with Gasteiger partial charge in [-0.3, -0.25) is 19.3 Å². The molecule has 1 aliphatic heterocycles. The first-order chi connectivity index (χ1) is 13.5. The smallest absolute Gasteiger partial charge is 0.233 e. The number of carbonyl (C=O) groups excluding carboxylic acids is 3. The lowest BCUT2D eigenvalue weighted by Gasteiger charge is -2.19. The quantitative estimate of drug-likeness (QED) is 0.782. The van der Waals surface area contributed by atoms with E-state index in [0.29, 0.717) is 5.13 Å². The summed E-state index contributed by atoms with van der Waals surface area (Å²) in [4.78, 5) is 44.2. The molecular weight excluding hydrogens is 374 g/mol. The van der Waals surface area contributed by atoms with E-state index in [-0.39, 0.29) is 42.5 Å². The number of carbonyl (C=O) groups is 3. The summed E-state index contributed by atoms with van der Waals surface area (Å²) >= 11 is 1.42. The second kappa shape index (κ2) is 7.83. The number of hydrogen-bond donors (Lipinski definition) is 1. The molecule has 4 rings (SSSR count). The van der Waals surface area contributed by atoms with Gasteiger partial charge in [-0.2, -0.15) is 0 Å². The van der Waals surface area contributed by atoms with Crippen molar-refractivity contribution in [3.63, 3.8) is 0 Å². The Morgan fingerprint density at radius 3 is 2.43 bits per heavy atom. The Labute approximate surface area is 168 Å². The SMILES string of the molecule is Cc1sc(NC(=O)CCN2C(=O)[C@@H]3CCCC[C@H]3C2=O)nc1-c1ccccc1. The molecule has 1 saturated heterocycles. The fourth-order valence-electron chi connectivity index (χ4n) is 4.16. The number of aryl methyl sites for hydroxylation is 1. The van der Waals surface area contributed by atoms with Crippen LogP contribution in [-0.2, 0) is 14.4 Å². The topological polar surface area (TPSA) is 79.4 Å². The highest BCUT2D eigenvalue weighted by Gasteiger charge is 2.47. The molecule has 1 aromatic heterocycles. The zero-order valence-corrected chi connectivity index (χ0v) is 16.6. The molecule has 7 heteroatoms. The molecule has 1 aromatic carbocycles. The summed E-state index contributed by atoms with van der Waals surface area (Å²) in [6, 6.07) is 9.82. The third-order valence-corrected chi connectivity index (χ3v) is 6.47. The van der Waals surface area contributed by atoms with E-state index in [1.165, 1.54) is 16.2 Å². The summed E-state index contributed by atoms with van der Waals surface area (Å²) < 4.78 is 0. The van der Waals surface area contributed by atoms with Crippen molar-refractivity contribution in [1.29, 1.82) is 0 Å². The molecule has 2 heterocycles. The van der Waals surface area contributed by atoms with Crippen LogP contribution in [0.25, 0.3) is 11.3 Å². The molecule has 1 aliphatic carbocycles. The number of aromatic nitrogens is 1. The minimum Gasteiger partial charge on any atom is -0.302 e. The van der Waals surface area contributed by atoms with Gasteiger partial charge in [-0.05, 0) is 19.8 Å². The molecule has 2 fully saturated rings. The van der Waals surface area contributed by atoms with Crippen LogP contribution in [0.4, 0.5) is 5.13 Å². The average Bonchev–Trinajstić information content (AvgIpc) is 3.19. The summed E-state index contributed by atoms with van der Waals surface area (Å²) in [6.45, 7) is 2.12. The van der Waals surface area contributed by atoms with Crippen LogP contribution < -0.4 is 5.32 Å². The number of fused-ring (bicyclic) bond motifs is 1. The minimum absolute atomic E-state index is 0.0935. The van der Waals surface area contributed by atoms with E-state index in [1.54, 1.807) is 0 Å². The Hall–Kier alpha value is -2.54. The van der Waals surface area contributed by atoms with Crippen molar-refractivity contribution in [2.75, 3.05) is 11.9 Å². The number of nitrogens with one attached hydrogen (secondary N) is 1. The molecule has 0 bridgehead atoms. The van der Waals surface area contributed by atoms with Gasteiger partial charge < -0.3 is 5.32 Å². The zero-order chi connectivity index (χ0) is 19.7. The number of amides is 3. The summed E-state index contributed by atoms with van der Waals surface area (Å²) in [7, 11) is 0. The molecule has 1 N–H and O–H groups in total. The number of hydrogen-bond acceptors (Lipinski definition) is 5. The van der Waals surface area contributed by atoms with E-state index < -0.39 is 0 Å². The van der Waals surface area contributed by atoms with Crippen molar-refractivity contribution in [2.24, 2.45) is 11.8 Å². The van der Waals surface area contributed by atoms with Gasteiger partial charge in [0.15, 0.2) is 5.13 Å². The third kappa shape index (κ3) is 3.58. The molecule has 146 valence electrons. The van der Waals surface area contributed by atoms with E-state index in [2.05, 4.69) is 10.3 Å². The lowest BCUT2D eigenvalue weighted by atomic mass is 9.81. The molecule has 6 nitrogen and oxygen atoms in total. The van der Waals surface area contributed by atoms with Crippen LogP contribution in [0.5, 0.6) is 0 Å². The van der Waals surface area contributed by atoms with Crippen LogP contribution in [0.3, 0.4) is 0 Å². The standard InChI is InChI=1S/C21H23N3O3S/c1-13-18(14-7-3-2-4-8-14)23-21(28-13)22-17(25)11-12-24-19(26)15-9-5-6-10-16(15)20(24)27/h2-4,7-8,15-16H,5-6,9-12H2,1H3,(H,22,23,25)/t15-,16-/m1/s1. The maximum Gasteiger partial charge on any atom is 0.233 e. The van der Waals surface area contributed by atoms with E-state index in [0.717, 1.165) is 41.8 Å². The third-order valence-electron chi connectivity index (χ3n) is 5.59. The predicted octanol–water partition coefficient (Wildman–Crippen LogP) is 3.62. The summed E-state index contributed by atoms with van der Waals surface area (Å²) in [5, 5.41) is 3.34. The van der Waals surface area contributed by atoms with Gasteiger partial charge in [-0.25, -0.2) is 4.98 Å². The van der Waals surface area contributed by atoms with Crippen molar-refractivity contribution in [3.05, 3.63) is 35.2 Å². The number of rotatable bonds is 5. The highest BCUT2D eigenvalue weighted by molar-refractivity contribution is 7.16. The number of anilines is 1. The van der Waals surface area contributed by atoms with Crippen LogP contribution >= 0.6 is 11.3 Å². The van der Waals surface area contributed by atoms with Crippen molar-refractivity contribution >= 4 is 34.2 Å². The Bertz CT molecular complexity index is 885. The number of benzene rings is 1. The maximum atomic E-state index is 12.5. The molecule has 28 heavy (non-hydrogen) atoms. The van der Waals surface area contributed by atoms with E-state index in [9.17, 15) is 14.4 Å². The van der Waals surface area contributed by atoms with E-state index >= 15 is 0 Å². The molecule has 0 radical (unpaired) electrons. The number of likely N-dealkylation sites (tertiary alicyclic amines) is 1. The molecule has 2 aromatic rings. The number of thiazole rings is 1. The largest absolute Gasteiger partial charge is 0.302 e. The van der Waals surface area contributed by atoms with Crippen molar-refractivity contribution in [3.8, 4) is 11.3 Å². The highest BCUT2D eigenvalue weighted by atomic mass is 32.1. The van der Waals surface area contributed by atoms with Gasteiger partial charge in [-0.1, -0.05) is 43.2 Å². The van der Waals surface area contributed by atoms with Crippen LogP contribution in [-0.4, -0.2) is 34.2 Å². The molecule has 2 atom stereocenters. The first-order valence-electron chi connectivity index (χ1n) is 9.72.